The maximum absolute atomic E-state index is 12.7. The van der Waals surface area contributed by atoms with E-state index >= 15 is 0 Å². The number of aromatic nitrogens is 2. The number of carbonyl (C=O) groups is 1. The number of carbonyl (C=O) groups excluding carboxylic acids is 1. The zero-order valence-corrected chi connectivity index (χ0v) is 15.3. The molecule has 4 rings (SSSR count). The van der Waals surface area contributed by atoms with Crippen LogP contribution in [0.2, 0.25) is 0 Å². The first-order valence-electron chi connectivity index (χ1n) is 9.12. The predicted octanol–water partition coefficient (Wildman–Crippen LogP) is 4.99. The average molecular weight is 350 g/mol. The van der Waals surface area contributed by atoms with Crippen LogP contribution in [0, 0.1) is 0 Å². The van der Waals surface area contributed by atoms with Crippen LogP contribution in [0.5, 0.6) is 5.75 Å². The predicted molar refractivity (Wildman–Crippen MR) is 99.0 cm³/mol. The Kier molecular flexibility index (Phi) is 4.02. The van der Waals surface area contributed by atoms with Crippen molar-refractivity contribution in [3.63, 3.8) is 0 Å². The lowest BCUT2D eigenvalue weighted by Crippen LogP contribution is -2.40. The van der Waals surface area contributed by atoms with Crippen LogP contribution < -0.4 is 4.74 Å². The molecule has 0 bridgehead atoms. The number of hydrogen-bond acceptors (Lipinski definition) is 5. The summed E-state index contributed by atoms with van der Waals surface area (Å²) in [5.74, 6) is 1.78. The minimum atomic E-state index is -0.386. The molecule has 0 atom stereocenters. The van der Waals surface area contributed by atoms with Gasteiger partial charge in [-0.15, -0.1) is 0 Å². The second-order valence-electron chi connectivity index (χ2n) is 6.99. The molecule has 134 valence electrons. The minimum absolute atomic E-state index is 0.107. The van der Waals surface area contributed by atoms with E-state index in [9.17, 15) is 4.79 Å². The number of fused-ring (bicyclic) bond motifs is 1. The normalized spacial score (nSPS) is 18.2. The number of nitrogens with zero attached hydrogens (tertiary/aromatic N) is 2. The molecule has 0 saturated heterocycles. The van der Waals surface area contributed by atoms with Crippen molar-refractivity contribution >= 4 is 11.4 Å². The van der Waals surface area contributed by atoms with Crippen LogP contribution in [0.1, 0.15) is 62.6 Å². The van der Waals surface area contributed by atoms with E-state index in [0.29, 0.717) is 29.4 Å². The summed E-state index contributed by atoms with van der Waals surface area (Å²) in [5.41, 5.74) is 3.18. The van der Waals surface area contributed by atoms with E-state index in [1.165, 1.54) is 0 Å². The van der Waals surface area contributed by atoms with Crippen molar-refractivity contribution in [2.45, 2.75) is 52.1 Å². The van der Waals surface area contributed by atoms with Gasteiger partial charge in [0.05, 0.1) is 12.0 Å². The van der Waals surface area contributed by atoms with E-state index in [-0.39, 0.29) is 11.4 Å². The van der Waals surface area contributed by atoms with Gasteiger partial charge in [-0.3, -0.25) is 4.79 Å². The summed E-state index contributed by atoms with van der Waals surface area (Å²) in [4.78, 5) is 17.2. The van der Waals surface area contributed by atoms with Crippen molar-refractivity contribution in [1.29, 1.82) is 0 Å². The number of rotatable bonds is 4. The highest BCUT2D eigenvalue weighted by molar-refractivity contribution is 6.01. The summed E-state index contributed by atoms with van der Waals surface area (Å²) in [6.45, 7) is 6.16. The number of ketones is 1. The first-order chi connectivity index (χ1) is 12.5. The molecule has 2 aliphatic rings. The largest absolute Gasteiger partial charge is 0.486 e. The first kappa shape index (κ1) is 16.8. The van der Waals surface area contributed by atoms with Crippen LogP contribution >= 0.6 is 0 Å². The molecule has 5 heteroatoms. The number of Topliss-reactive ketones (excluding diaryl/α,β-unsaturated/α-hetero) is 1. The van der Waals surface area contributed by atoms with E-state index in [4.69, 9.17) is 9.26 Å². The summed E-state index contributed by atoms with van der Waals surface area (Å²) < 4.78 is 11.6. The highest BCUT2D eigenvalue weighted by Gasteiger charge is 2.37. The van der Waals surface area contributed by atoms with E-state index in [2.05, 4.69) is 36.1 Å². The molecule has 2 aromatic rings. The maximum Gasteiger partial charge on any atom is 0.258 e. The van der Waals surface area contributed by atoms with E-state index in [0.717, 1.165) is 36.0 Å². The first-order valence-corrected chi connectivity index (χ1v) is 9.12. The average Bonchev–Trinajstić information content (AvgIpc) is 3.30. The standard InChI is InChI=1S/C21H22N2O3/c1-4-21(5-2)12-17(24)16-11-14(9-10-18(16)25-21)20-22-19(23-26-20)15-8-6-7-13(15)3/h6-7,9-11H,4-5,8,12H2,1-3H3. The monoisotopic (exact) mass is 350 g/mol. The van der Waals surface area contributed by atoms with Crippen molar-refractivity contribution < 1.29 is 14.1 Å². The number of ether oxygens (including phenoxy) is 1. The highest BCUT2D eigenvalue weighted by Crippen LogP contribution is 2.39. The van der Waals surface area contributed by atoms with Crippen LogP contribution in [-0.2, 0) is 0 Å². The van der Waals surface area contributed by atoms with Gasteiger partial charge < -0.3 is 9.26 Å². The van der Waals surface area contributed by atoms with Crippen LogP contribution in [0.4, 0.5) is 0 Å². The van der Waals surface area contributed by atoms with Gasteiger partial charge >= 0.3 is 0 Å². The Labute approximate surface area is 152 Å². The molecule has 0 unspecified atom stereocenters. The molecular formula is C21H22N2O3. The number of hydrogen-bond donors (Lipinski definition) is 0. The van der Waals surface area contributed by atoms with Crippen LogP contribution in [0.3, 0.4) is 0 Å². The highest BCUT2D eigenvalue weighted by atomic mass is 16.5. The molecule has 0 radical (unpaired) electrons. The van der Waals surface area contributed by atoms with Gasteiger partial charge in [0.2, 0.25) is 0 Å². The van der Waals surface area contributed by atoms with Crippen molar-refractivity contribution in [3.05, 3.63) is 47.3 Å². The lowest BCUT2D eigenvalue weighted by atomic mass is 9.85. The van der Waals surface area contributed by atoms with Gasteiger partial charge in [0.1, 0.15) is 11.4 Å². The molecule has 0 spiro atoms. The van der Waals surface area contributed by atoms with Gasteiger partial charge in [-0.1, -0.05) is 31.2 Å². The van der Waals surface area contributed by atoms with Gasteiger partial charge in [-0.05, 0) is 50.0 Å². The molecular weight excluding hydrogens is 328 g/mol. The quantitative estimate of drug-likeness (QED) is 0.777. The molecule has 1 aliphatic heterocycles. The molecule has 1 aromatic heterocycles. The summed E-state index contributed by atoms with van der Waals surface area (Å²) in [7, 11) is 0. The Bertz CT molecular complexity index is 932. The van der Waals surface area contributed by atoms with E-state index in [1.54, 1.807) is 6.07 Å². The molecule has 1 aliphatic carbocycles. The Balaban J connectivity index is 1.67. The lowest BCUT2D eigenvalue weighted by Gasteiger charge is -2.36. The molecule has 0 saturated carbocycles. The third-order valence-corrected chi connectivity index (χ3v) is 5.49. The summed E-state index contributed by atoms with van der Waals surface area (Å²) in [6, 6.07) is 5.52. The van der Waals surface area contributed by atoms with Gasteiger partial charge in [-0.25, -0.2) is 0 Å². The summed E-state index contributed by atoms with van der Waals surface area (Å²) in [6.07, 6.45) is 7.00. The van der Waals surface area contributed by atoms with Crippen molar-refractivity contribution in [3.8, 4) is 17.2 Å². The fourth-order valence-corrected chi connectivity index (χ4v) is 3.62. The van der Waals surface area contributed by atoms with Gasteiger partial charge in [0, 0.05) is 11.1 Å². The molecule has 0 N–H and O–H groups in total. The molecule has 2 heterocycles. The van der Waals surface area contributed by atoms with Crippen LogP contribution in [0.15, 0.2) is 40.4 Å². The third kappa shape index (κ3) is 2.68. The van der Waals surface area contributed by atoms with Crippen molar-refractivity contribution in [2.75, 3.05) is 0 Å². The van der Waals surface area contributed by atoms with Crippen LogP contribution in [0.25, 0.3) is 17.0 Å². The second kappa shape index (κ2) is 6.24. The topological polar surface area (TPSA) is 65.2 Å². The van der Waals surface area contributed by atoms with Crippen molar-refractivity contribution in [2.24, 2.45) is 0 Å². The SMILES string of the molecule is CCC1(CC)CC(=O)c2cc(-c3nc(C4=C(C)C=CC4)no3)ccc2O1. The smallest absolute Gasteiger partial charge is 0.258 e. The Morgan fingerprint density at radius 1 is 1.23 bits per heavy atom. The molecule has 0 fully saturated rings. The zero-order valence-electron chi connectivity index (χ0n) is 15.3. The van der Waals surface area contributed by atoms with Gasteiger partial charge in [0.15, 0.2) is 11.6 Å². The molecule has 26 heavy (non-hydrogen) atoms. The second-order valence-corrected chi connectivity index (χ2v) is 6.99. The van der Waals surface area contributed by atoms with E-state index < -0.39 is 0 Å². The third-order valence-electron chi connectivity index (χ3n) is 5.49. The van der Waals surface area contributed by atoms with Crippen LogP contribution in [-0.4, -0.2) is 21.5 Å². The molecule has 5 nitrogen and oxygen atoms in total. The number of benzene rings is 1. The van der Waals surface area contributed by atoms with E-state index in [1.807, 2.05) is 19.1 Å². The minimum Gasteiger partial charge on any atom is -0.486 e. The Hall–Kier alpha value is -2.69. The molecule has 1 aromatic carbocycles. The fraction of sp³-hybridized carbons (Fsp3) is 0.381. The number of allylic oxidation sites excluding steroid dienone is 4. The van der Waals surface area contributed by atoms with Crippen molar-refractivity contribution in [1.82, 2.24) is 10.1 Å². The molecule has 0 amide bonds. The van der Waals surface area contributed by atoms with Gasteiger partial charge in [-0.2, -0.15) is 4.98 Å². The van der Waals surface area contributed by atoms with Gasteiger partial charge in [0.25, 0.3) is 5.89 Å². The fourth-order valence-electron chi connectivity index (χ4n) is 3.62. The Morgan fingerprint density at radius 2 is 2.04 bits per heavy atom. The lowest BCUT2D eigenvalue weighted by molar-refractivity contribution is 0.0350. The zero-order chi connectivity index (χ0) is 18.3. The summed E-state index contributed by atoms with van der Waals surface area (Å²) in [5, 5.41) is 4.11. The summed E-state index contributed by atoms with van der Waals surface area (Å²) >= 11 is 0. The maximum atomic E-state index is 12.7. The Morgan fingerprint density at radius 3 is 2.73 bits per heavy atom.